The molecule has 1 aliphatic rings. The van der Waals surface area contributed by atoms with Gasteiger partial charge in [-0.15, -0.1) is 0 Å². The molecule has 35 heavy (non-hydrogen) atoms. The van der Waals surface area contributed by atoms with E-state index in [-0.39, 0.29) is 24.2 Å². The van der Waals surface area contributed by atoms with Crippen molar-refractivity contribution in [3.8, 4) is 5.88 Å². The second-order valence-corrected chi connectivity index (χ2v) is 9.05. The van der Waals surface area contributed by atoms with E-state index in [2.05, 4.69) is 15.1 Å². The Hall–Kier alpha value is -3.34. The number of methoxy groups -OCH3 is 1. The zero-order valence-electron chi connectivity index (χ0n) is 19.5. The number of nitrogens with zero attached hydrogens (tertiary/aromatic N) is 3. The Balaban J connectivity index is 1.52. The Morgan fingerprint density at radius 2 is 2.03 bits per heavy atom. The van der Waals surface area contributed by atoms with Gasteiger partial charge < -0.3 is 24.3 Å². The van der Waals surface area contributed by atoms with Gasteiger partial charge in [-0.05, 0) is 28.8 Å². The molecule has 8 nitrogen and oxygen atoms in total. The van der Waals surface area contributed by atoms with Crippen LogP contribution >= 0.6 is 0 Å². The molecule has 0 aliphatic carbocycles. The molecule has 1 aliphatic heterocycles. The van der Waals surface area contributed by atoms with E-state index in [0.717, 1.165) is 12.1 Å². The highest BCUT2D eigenvalue weighted by atomic mass is 19.4. The van der Waals surface area contributed by atoms with E-state index in [1.807, 2.05) is 13.8 Å². The van der Waals surface area contributed by atoms with Crippen LogP contribution in [0, 0.1) is 5.92 Å². The smallest absolute Gasteiger partial charge is 0.416 e. The Bertz CT molecular complexity index is 1160. The van der Waals surface area contributed by atoms with Crippen LogP contribution in [0.2, 0.25) is 0 Å². The fourth-order valence-corrected chi connectivity index (χ4v) is 4.41. The number of aliphatic hydroxyl groups excluding tert-OH is 1. The predicted molar refractivity (Wildman–Crippen MR) is 119 cm³/mol. The van der Waals surface area contributed by atoms with Crippen LogP contribution < -0.4 is 4.74 Å². The van der Waals surface area contributed by atoms with Crippen LogP contribution in [0.5, 0.6) is 5.88 Å². The van der Waals surface area contributed by atoms with Gasteiger partial charge >= 0.3 is 6.18 Å². The lowest BCUT2D eigenvalue weighted by Crippen LogP contribution is -2.37. The first-order valence-corrected chi connectivity index (χ1v) is 11.3. The van der Waals surface area contributed by atoms with Gasteiger partial charge in [-0.2, -0.15) is 13.2 Å². The average Bonchev–Trinajstić information content (AvgIpc) is 3.53. The second kappa shape index (κ2) is 9.73. The first-order chi connectivity index (χ1) is 16.6. The van der Waals surface area contributed by atoms with Crippen LogP contribution in [0.25, 0.3) is 0 Å². The summed E-state index contributed by atoms with van der Waals surface area (Å²) in [4.78, 5) is 22.8. The van der Waals surface area contributed by atoms with Crippen LogP contribution in [0.15, 0.2) is 41.1 Å². The standard InChI is InChI=1S/C24H27F3N4O4/c1-13(2)21(19-10-20(34-3)30-35-19)23(33)31-12-17(32)9-18(31)22-28-11-16(29-22)8-14-4-6-15(7-5-14)24(25,26)27/h4-7,10-11,13,17-18,21,32H,8-9,12H2,1-3H3,(H,28,29)/t17-,18+,21?/m1/s1. The summed E-state index contributed by atoms with van der Waals surface area (Å²) < 4.78 is 48.8. The van der Waals surface area contributed by atoms with Gasteiger partial charge in [0.05, 0.1) is 24.8 Å². The number of aliphatic hydroxyl groups is 1. The molecule has 11 heteroatoms. The molecule has 0 bridgehead atoms. The highest BCUT2D eigenvalue weighted by Crippen LogP contribution is 2.37. The number of aromatic nitrogens is 3. The minimum atomic E-state index is -4.39. The Morgan fingerprint density at radius 1 is 1.31 bits per heavy atom. The largest absolute Gasteiger partial charge is 0.479 e. The highest BCUT2D eigenvalue weighted by Gasteiger charge is 2.42. The van der Waals surface area contributed by atoms with Crippen molar-refractivity contribution in [3.63, 3.8) is 0 Å². The SMILES string of the molecule is COc1cc(C(C(=O)N2C[C@H](O)C[C@H]2c2ncc(Cc3ccc(C(F)(F)F)cc3)[nH]2)C(C)C)on1. The molecule has 0 radical (unpaired) electrons. The number of amides is 1. The highest BCUT2D eigenvalue weighted by molar-refractivity contribution is 5.84. The normalized spacial score (nSPS) is 19.4. The van der Waals surface area contributed by atoms with Crippen molar-refractivity contribution >= 4 is 5.91 Å². The maximum absolute atomic E-state index is 13.6. The van der Waals surface area contributed by atoms with Crippen LogP contribution in [-0.2, 0) is 17.4 Å². The van der Waals surface area contributed by atoms with E-state index in [9.17, 15) is 23.1 Å². The maximum Gasteiger partial charge on any atom is 0.416 e. The molecule has 0 spiro atoms. The molecular formula is C24H27F3N4O4. The van der Waals surface area contributed by atoms with E-state index in [0.29, 0.717) is 35.7 Å². The van der Waals surface area contributed by atoms with Gasteiger partial charge in [-0.3, -0.25) is 4.79 Å². The summed E-state index contributed by atoms with van der Waals surface area (Å²) in [7, 11) is 1.46. The third-order valence-corrected chi connectivity index (χ3v) is 6.16. The molecule has 3 aromatic rings. The third-order valence-electron chi connectivity index (χ3n) is 6.16. The van der Waals surface area contributed by atoms with Crippen LogP contribution in [0.1, 0.15) is 60.6 Å². The molecule has 3 heterocycles. The molecule has 1 unspecified atom stereocenters. The van der Waals surface area contributed by atoms with Gasteiger partial charge in [0.25, 0.3) is 5.88 Å². The molecule has 1 saturated heterocycles. The number of hydrogen-bond donors (Lipinski definition) is 2. The van der Waals surface area contributed by atoms with E-state index >= 15 is 0 Å². The Labute approximate surface area is 200 Å². The van der Waals surface area contributed by atoms with E-state index in [1.54, 1.807) is 17.2 Å². The summed E-state index contributed by atoms with van der Waals surface area (Å²) in [5.74, 6) is 0.210. The Kier molecular flexibility index (Phi) is 6.88. The van der Waals surface area contributed by atoms with E-state index < -0.39 is 29.8 Å². The van der Waals surface area contributed by atoms with Crippen molar-refractivity contribution in [3.05, 3.63) is 64.9 Å². The summed E-state index contributed by atoms with van der Waals surface area (Å²) in [5.41, 5.74) is 0.672. The van der Waals surface area contributed by atoms with Gasteiger partial charge in [-0.25, -0.2) is 4.98 Å². The van der Waals surface area contributed by atoms with Gasteiger partial charge in [0, 0.05) is 37.3 Å². The number of carbonyl (C=O) groups excluding carboxylic acids is 1. The van der Waals surface area contributed by atoms with Crippen molar-refractivity contribution in [1.82, 2.24) is 20.0 Å². The number of β-amino-alcohol motifs (C(OH)–C–C–N with tert-alkyl or cyclic N) is 1. The Morgan fingerprint density at radius 3 is 2.63 bits per heavy atom. The number of alkyl halides is 3. The number of halogens is 3. The number of rotatable bonds is 7. The summed E-state index contributed by atoms with van der Waals surface area (Å²) in [6.45, 7) is 3.94. The minimum Gasteiger partial charge on any atom is -0.479 e. The minimum absolute atomic E-state index is 0.106. The van der Waals surface area contributed by atoms with Crippen molar-refractivity contribution in [2.24, 2.45) is 5.92 Å². The molecule has 188 valence electrons. The van der Waals surface area contributed by atoms with Gasteiger partial charge in [0.15, 0.2) is 5.76 Å². The van der Waals surface area contributed by atoms with Crippen LogP contribution in [-0.4, -0.2) is 50.8 Å². The quantitative estimate of drug-likeness (QED) is 0.515. The number of imidazole rings is 1. The molecule has 1 fully saturated rings. The number of nitrogens with one attached hydrogen (secondary N) is 1. The number of H-pyrrole nitrogens is 1. The van der Waals surface area contributed by atoms with Crippen LogP contribution in [0.3, 0.4) is 0 Å². The van der Waals surface area contributed by atoms with Crippen molar-refractivity contribution in [1.29, 1.82) is 0 Å². The van der Waals surface area contributed by atoms with Gasteiger partial charge in [0.2, 0.25) is 5.91 Å². The topological polar surface area (TPSA) is 104 Å². The van der Waals surface area contributed by atoms with Crippen molar-refractivity contribution in [2.45, 2.75) is 50.9 Å². The summed E-state index contributed by atoms with van der Waals surface area (Å²) >= 11 is 0. The second-order valence-electron chi connectivity index (χ2n) is 9.05. The lowest BCUT2D eigenvalue weighted by molar-refractivity contribution is -0.137. The summed E-state index contributed by atoms with van der Waals surface area (Å²) in [5, 5.41) is 14.2. The van der Waals surface area contributed by atoms with E-state index in [4.69, 9.17) is 9.26 Å². The molecule has 2 N–H and O–H groups in total. The first-order valence-electron chi connectivity index (χ1n) is 11.3. The molecule has 1 amide bonds. The maximum atomic E-state index is 13.6. The molecule has 2 aromatic heterocycles. The zero-order chi connectivity index (χ0) is 25.3. The lowest BCUT2D eigenvalue weighted by atomic mass is 9.91. The fraction of sp³-hybridized carbons (Fsp3) is 0.458. The number of likely N-dealkylation sites (tertiary alicyclic amines) is 1. The zero-order valence-corrected chi connectivity index (χ0v) is 19.5. The number of carbonyl (C=O) groups is 1. The fourth-order valence-electron chi connectivity index (χ4n) is 4.41. The number of ether oxygens (including phenoxy) is 1. The molecule has 0 saturated carbocycles. The van der Waals surface area contributed by atoms with E-state index in [1.165, 1.54) is 19.2 Å². The lowest BCUT2D eigenvalue weighted by Gasteiger charge is -2.28. The summed E-state index contributed by atoms with van der Waals surface area (Å²) in [6.07, 6.45) is -2.85. The van der Waals surface area contributed by atoms with Crippen LogP contribution in [0.4, 0.5) is 13.2 Å². The predicted octanol–water partition coefficient (Wildman–Crippen LogP) is 4.09. The molecular weight excluding hydrogens is 465 g/mol. The van der Waals surface area contributed by atoms with Gasteiger partial charge in [0.1, 0.15) is 11.7 Å². The number of benzene rings is 1. The monoisotopic (exact) mass is 492 g/mol. The average molecular weight is 492 g/mol. The van der Waals surface area contributed by atoms with Crippen molar-refractivity contribution < 1.29 is 32.3 Å². The number of hydrogen-bond acceptors (Lipinski definition) is 6. The van der Waals surface area contributed by atoms with Crippen molar-refractivity contribution in [2.75, 3.05) is 13.7 Å². The van der Waals surface area contributed by atoms with Gasteiger partial charge in [-0.1, -0.05) is 26.0 Å². The third kappa shape index (κ3) is 5.34. The molecule has 4 rings (SSSR count). The summed E-state index contributed by atoms with van der Waals surface area (Å²) in [6, 6.07) is 6.05. The molecule has 3 atom stereocenters. The molecule has 1 aromatic carbocycles. The first kappa shape index (κ1) is 24.8. The number of aromatic amines is 1.